The fraction of sp³-hybridized carbons (Fsp3) is 0.292. The molecule has 2 aromatic carbocycles. The largest absolute Gasteiger partial charge is 0.395 e. The number of nitrogens with zero attached hydrogens (tertiary/aromatic N) is 1. The summed E-state index contributed by atoms with van der Waals surface area (Å²) in [6.07, 6.45) is 2.01. The third kappa shape index (κ3) is 4.75. The highest BCUT2D eigenvalue weighted by atomic mass is 35.5. The van der Waals surface area contributed by atoms with Gasteiger partial charge < -0.3 is 25.6 Å². The quantitative estimate of drug-likeness (QED) is 0.413. The first-order valence-corrected chi connectivity index (χ1v) is 11.6. The molecule has 1 aliphatic rings. The van der Waals surface area contributed by atoms with E-state index in [1.165, 1.54) is 6.20 Å². The van der Waals surface area contributed by atoms with Crippen LogP contribution in [0.15, 0.2) is 41.3 Å². The first kappa shape index (κ1) is 24.1. The molecule has 0 radical (unpaired) electrons. The normalized spacial score (nSPS) is 15.2. The first-order chi connectivity index (χ1) is 16.3. The maximum atomic E-state index is 13.0. The Kier molecular flexibility index (Phi) is 7.11. The van der Waals surface area contributed by atoms with E-state index in [4.69, 9.17) is 28.3 Å². The summed E-state index contributed by atoms with van der Waals surface area (Å²) >= 11 is 12.5. The van der Waals surface area contributed by atoms with E-state index in [2.05, 4.69) is 15.6 Å². The van der Waals surface area contributed by atoms with Gasteiger partial charge in [0.05, 0.1) is 24.8 Å². The summed E-state index contributed by atoms with van der Waals surface area (Å²) in [6.45, 7) is 2.42. The van der Waals surface area contributed by atoms with Crippen molar-refractivity contribution >= 4 is 51.5 Å². The number of halogens is 2. The lowest BCUT2D eigenvalue weighted by atomic mass is 9.93. The Morgan fingerprint density at radius 2 is 2.00 bits per heavy atom. The molecule has 0 aliphatic carbocycles. The predicted molar refractivity (Wildman–Crippen MR) is 133 cm³/mol. The van der Waals surface area contributed by atoms with Crippen LogP contribution in [0.5, 0.6) is 0 Å². The Morgan fingerprint density at radius 3 is 2.76 bits per heavy atom. The number of aliphatic hydroxyl groups is 1. The number of nitrogens with one attached hydrogen (secondary N) is 3. The van der Waals surface area contributed by atoms with Crippen molar-refractivity contribution in [2.45, 2.75) is 19.4 Å². The summed E-state index contributed by atoms with van der Waals surface area (Å²) in [5.74, 6) is -0.516. The second-order valence-electron chi connectivity index (χ2n) is 8.10. The molecule has 1 aliphatic heterocycles. The Labute approximate surface area is 205 Å². The molecule has 3 aromatic rings. The van der Waals surface area contributed by atoms with Crippen LogP contribution >= 0.6 is 23.2 Å². The van der Waals surface area contributed by atoms with Crippen molar-refractivity contribution in [1.82, 2.24) is 15.2 Å². The first-order valence-electron chi connectivity index (χ1n) is 10.9. The molecule has 10 heteroatoms. The fourth-order valence-corrected chi connectivity index (χ4v) is 5.04. The minimum Gasteiger partial charge on any atom is -0.395 e. The number of H-pyrrole nitrogens is 1. The zero-order valence-corrected chi connectivity index (χ0v) is 20.0. The fourth-order valence-electron chi connectivity index (χ4n) is 4.34. The number of benzene rings is 2. The van der Waals surface area contributed by atoms with Crippen LogP contribution in [0, 0.1) is 0 Å². The van der Waals surface area contributed by atoms with E-state index < -0.39 is 5.91 Å². The second kappa shape index (κ2) is 10.0. The van der Waals surface area contributed by atoms with Crippen LogP contribution in [0.4, 0.5) is 5.69 Å². The van der Waals surface area contributed by atoms with E-state index in [9.17, 15) is 14.4 Å². The molecule has 34 heavy (non-hydrogen) atoms. The van der Waals surface area contributed by atoms with E-state index in [-0.39, 0.29) is 42.8 Å². The zero-order chi connectivity index (χ0) is 24.4. The smallest absolute Gasteiger partial charge is 0.255 e. The maximum Gasteiger partial charge on any atom is 0.255 e. The van der Waals surface area contributed by atoms with Crippen molar-refractivity contribution in [3.05, 3.63) is 73.6 Å². The molecule has 2 heterocycles. The summed E-state index contributed by atoms with van der Waals surface area (Å²) in [5, 5.41) is 16.6. The number of hydrogen-bond acceptors (Lipinski definition) is 5. The van der Waals surface area contributed by atoms with Crippen molar-refractivity contribution < 1.29 is 14.7 Å². The summed E-state index contributed by atoms with van der Waals surface area (Å²) in [4.78, 5) is 42.0. The van der Waals surface area contributed by atoms with E-state index >= 15 is 0 Å². The summed E-state index contributed by atoms with van der Waals surface area (Å²) < 4.78 is 0. The van der Waals surface area contributed by atoms with Gasteiger partial charge in [-0.2, -0.15) is 0 Å². The van der Waals surface area contributed by atoms with Gasteiger partial charge >= 0.3 is 0 Å². The van der Waals surface area contributed by atoms with Gasteiger partial charge in [0, 0.05) is 45.8 Å². The average molecular weight is 503 g/mol. The minimum absolute atomic E-state index is 0.0334. The van der Waals surface area contributed by atoms with Gasteiger partial charge in [0.2, 0.25) is 5.91 Å². The van der Waals surface area contributed by atoms with Crippen molar-refractivity contribution in [2.75, 3.05) is 31.6 Å². The standard InChI is InChI=1S/C24H24Cl2N4O4/c1-13-22-14(8-15(25)9-20(22)26)4-6-30(13)21(32)12-28-16-2-3-17-18(10-16)19(11-29-23(17)33)24(34)27-5-7-31/h2-3,8-11,13,28,31H,4-7,12H2,1H3,(H,27,34)(H,29,33). The number of aliphatic hydroxyl groups excluding tert-OH is 1. The number of carbonyl (C=O) groups excluding carboxylic acids is 2. The highest BCUT2D eigenvalue weighted by Gasteiger charge is 2.29. The lowest BCUT2D eigenvalue weighted by molar-refractivity contribution is -0.131. The number of fused-ring (bicyclic) bond motifs is 2. The summed E-state index contributed by atoms with van der Waals surface area (Å²) in [7, 11) is 0. The third-order valence-electron chi connectivity index (χ3n) is 6.00. The third-order valence-corrected chi connectivity index (χ3v) is 6.53. The molecule has 1 atom stereocenters. The van der Waals surface area contributed by atoms with Crippen LogP contribution in [0.3, 0.4) is 0 Å². The molecule has 0 saturated heterocycles. The summed E-state index contributed by atoms with van der Waals surface area (Å²) in [5.41, 5.74) is 2.50. The van der Waals surface area contributed by atoms with Gasteiger partial charge in [-0.05, 0) is 54.8 Å². The molecule has 4 rings (SSSR count). The van der Waals surface area contributed by atoms with Crippen LogP contribution in [0.25, 0.3) is 10.8 Å². The lowest BCUT2D eigenvalue weighted by Gasteiger charge is -2.36. The molecule has 178 valence electrons. The van der Waals surface area contributed by atoms with Crippen LogP contribution in [0.1, 0.15) is 34.5 Å². The van der Waals surface area contributed by atoms with Gasteiger partial charge in [-0.1, -0.05) is 23.2 Å². The van der Waals surface area contributed by atoms with Crippen LogP contribution < -0.4 is 16.2 Å². The van der Waals surface area contributed by atoms with Crippen molar-refractivity contribution in [3.63, 3.8) is 0 Å². The molecule has 4 N–H and O–H groups in total. The van der Waals surface area contributed by atoms with Crippen molar-refractivity contribution in [3.8, 4) is 0 Å². The van der Waals surface area contributed by atoms with Gasteiger partial charge in [0.25, 0.3) is 11.5 Å². The van der Waals surface area contributed by atoms with E-state index in [1.807, 2.05) is 13.0 Å². The monoisotopic (exact) mass is 502 g/mol. The molecule has 0 fully saturated rings. The molecule has 0 bridgehead atoms. The second-order valence-corrected chi connectivity index (χ2v) is 8.94. The number of rotatable bonds is 6. The van der Waals surface area contributed by atoms with Crippen LogP contribution in [0.2, 0.25) is 10.0 Å². The molecule has 0 saturated carbocycles. The number of anilines is 1. The SMILES string of the molecule is CC1c2c(Cl)cc(Cl)cc2CCN1C(=O)CNc1ccc2c(=O)[nH]cc(C(=O)NCCO)c2c1. The number of pyridine rings is 1. The van der Waals surface area contributed by atoms with E-state index in [0.29, 0.717) is 39.5 Å². The average Bonchev–Trinajstić information content (AvgIpc) is 2.81. The minimum atomic E-state index is -0.415. The van der Waals surface area contributed by atoms with E-state index in [0.717, 1.165) is 11.1 Å². The topological polar surface area (TPSA) is 115 Å². The predicted octanol–water partition coefficient (Wildman–Crippen LogP) is 3.11. The molecule has 8 nitrogen and oxygen atoms in total. The number of aromatic nitrogens is 1. The lowest BCUT2D eigenvalue weighted by Crippen LogP contribution is -2.41. The molecular weight excluding hydrogens is 479 g/mol. The Morgan fingerprint density at radius 1 is 1.21 bits per heavy atom. The molecule has 0 spiro atoms. The number of aromatic amines is 1. The highest BCUT2D eigenvalue weighted by molar-refractivity contribution is 6.35. The van der Waals surface area contributed by atoms with E-state index in [1.54, 1.807) is 29.2 Å². The Bertz CT molecular complexity index is 1320. The highest BCUT2D eigenvalue weighted by Crippen LogP contribution is 2.37. The Balaban J connectivity index is 1.52. The summed E-state index contributed by atoms with van der Waals surface area (Å²) in [6, 6.07) is 8.35. The van der Waals surface area contributed by atoms with Crippen molar-refractivity contribution in [1.29, 1.82) is 0 Å². The van der Waals surface area contributed by atoms with Gasteiger partial charge in [-0.25, -0.2) is 0 Å². The molecule has 1 unspecified atom stereocenters. The Hall–Kier alpha value is -3.07. The number of carbonyl (C=O) groups is 2. The molecule has 2 amide bonds. The molecule has 1 aromatic heterocycles. The van der Waals surface area contributed by atoms with Gasteiger partial charge in [-0.3, -0.25) is 14.4 Å². The van der Waals surface area contributed by atoms with Crippen LogP contribution in [-0.2, 0) is 11.2 Å². The maximum absolute atomic E-state index is 13.0. The number of amides is 2. The van der Waals surface area contributed by atoms with Crippen LogP contribution in [-0.4, -0.2) is 53.0 Å². The van der Waals surface area contributed by atoms with Gasteiger partial charge in [0.1, 0.15) is 0 Å². The molecular formula is C24H24Cl2N4O4. The van der Waals surface area contributed by atoms with Gasteiger partial charge in [-0.15, -0.1) is 0 Å². The van der Waals surface area contributed by atoms with Crippen molar-refractivity contribution in [2.24, 2.45) is 0 Å². The zero-order valence-electron chi connectivity index (χ0n) is 18.5. The number of hydrogen-bond donors (Lipinski definition) is 4. The van der Waals surface area contributed by atoms with Gasteiger partial charge in [0.15, 0.2) is 0 Å².